The maximum atomic E-state index is 8.86. The fraction of sp³-hybridized carbons (Fsp3) is 0.471. The van der Waals surface area contributed by atoms with Crippen molar-refractivity contribution in [3.05, 3.63) is 29.2 Å². The van der Waals surface area contributed by atoms with Gasteiger partial charge in [-0.05, 0) is 55.9 Å². The summed E-state index contributed by atoms with van der Waals surface area (Å²) in [6, 6.07) is 4.33. The molecule has 0 amide bonds. The quantitative estimate of drug-likeness (QED) is 0.925. The van der Waals surface area contributed by atoms with E-state index >= 15 is 0 Å². The number of hydrogen-bond acceptors (Lipinski definition) is 5. The van der Waals surface area contributed by atoms with Crippen LogP contribution in [0.3, 0.4) is 0 Å². The van der Waals surface area contributed by atoms with E-state index in [4.69, 9.17) is 11.0 Å². The summed E-state index contributed by atoms with van der Waals surface area (Å²) in [7, 11) is 0. The van der Waals surface area contributed by atoms with E-state index in [-0.39, 0.29) is 0 Å². The first kappa shape index (κ1) is 15.0. The average Bonchev–Trinajstić information content (AvgIpc) is 2.98. The molecule has 5 heteroatoms. The zero-order valence-corrected chi connectivity index (χ0v) is 13.6. The Labute approximate surface area is 134 Å². The monoisotopic (exact) mass is 312 g/mol. The predicted molar refractivity (Wildman–Crippen MR) is 89.9 cm³/mol. The highest BCUT2D eigenvalue weighted by atomic mass is 32.1. The van der Waals surface area contributed by atoms with E-state index in [1.807, 2.05) is 13.0 Å². The Morgan fingerprint density at radius 2 is 2.14 bits per heavy atom. The highest BCUT2D eigenvalue weighted by molar-refractivity contribution is 7.17. The number of nitrogens with zero attached hydrogens (tertiary/aromatic N) is 3. The Hall–Kier alpha value is -1.93. The molecule has 0 atom stereocenters. The molecule has 0 aliphatic heterocycles. The molecule has 1 aliphatic carbocycles. The van der Waals surface area contributed by atoms with Gasteiger partial charge in [-0.2, -0.15) is 5.26 Å². The van der Waals surface area contributed by atoms with Gasteiger partial charge in [-0.25, -0.2) is 9.97 Å². The zero-order valence-electron chi connectivity index (χ0n) is 12.7. The maximum absolute atomic E-state index is 8.86. The van der Waals surface area contributed by atoms with E-state index in [0.29, 0.717) is 18.3 Å². The fourth-order valence-electron chi connectivity index (χ4n) is 3.47. The molecule has 2 aromatic rings. The lowest BCUT2D eigenvalue weighted by molar-refractivity contribution is 0.320. The minimum absolute atomic E-state index is 0.445. The van der Waals surface area contributed by atoms with Crippen LogP contribution >= 0.6 is 11.3 Å². The molecule has 0 spiro atoms. The van der Waals surface area contributed by atoms with E-state index < -0.39 is 0 Å². The van der Waals surface area contributed by atoms with Crippen LogP contribution in [0.2, 0.25) is 0 Å². The van der Waals surface area contributed by atoms with Crippen LogP contribution in [0, 0.1) is 23.2 Å². The van der Waals surface area contributed by atoms with Crippen molar-refractivity contribution in [1.29, 1.82) is 5.26 Å². The largest absolute Gasteiger partial charge is 0.402 e. The third-order valence-corrected chi connectivity index (χ3v) is 5.47. The average molecular weight is 312 g/mol. The molecule has 0 radical (unpaired) electrons. The number of hydrogen-bond donors (Lipinski definition) is 1. The van der Waals surface area contributed by atoms with Crippen molar-refractivity contribution < 1.29 is 0 Å². The molecule has 114 valence electrons. The molecule has 2 aromatic heterocycles. The first-order chi connectivity index (χ1) is 10.7. The standard InChI is InChI=1S/C17H20N4S/c1-11(19)15(13-4-2-12(3-5-13)6-8-18)16-17-14(7-9-22-17)20-10-21-16/h7,9-10,12-13H,2-6,19H2,1H3. The van der Waals surface area contributed by atoms with Crippen molar-refractivity contribution in [2.45, 2.75) is 39.0 Å². The lowest BCUT2D eigenvalue weighted by Gasteiger charge is -2.29. The molecular formula is C17H20N4S. The molecule has 2 heterocycles. The Morgan fingerprint density at radius 3 is 2.82 bits per heavy atom. The van der Waals surface area contributed by atoms with Gasteiger partial charge < -0.3 is 5.73 Å². The number of thiophene rings is 1. The molecule has 3 rings (SSSR count). The normalized spacial score (nSPS) is 23.1. The second-order valence-corrected chi connectivity index (χ2v) is 6.95. The van der Waals surface area contributed by atoms with Crippen LogP contribution in [0.4, 0.5) is 0 Å². The van der Waals surface area contributed by atoms with Crippen LogP contribution in [0.5, 0.6) is 0 Å². The molecule has 0 aromatic carbocycles. The van der Waals surface area contributed by atoms with E-state index in [1.54, 1.807) is 17.7 Å². The van der Waals surface area contributed by atoms with Crippen molar-refractivity contribution in [1.82, 2.24) is 9.97 Å². The lowest BCUT2D eigenvalue weighted by atomic mass is 9.76. The van der Waals surface area contributed by atoms with Crippen molar-refractivity contribution >= 4 is 27.1 Å². The van der Waals surface area contributed by atoms with E-state index in [0.717, 1.165) is 47.3 Å². The Balaban J connectivity index is 1.91. The number of allylic oxidation sites excluding steroid dienone is 2. The summed E-state index contributed by atoms with van der Waals surface area (Å²) in [5.41, 5.74) is 10.3. The van der Waals surface area contributed by atoms with Crippen LogP contribution < -0.4 is 5.73 Å². The maximum Gasteiger partial charge on any atom is 0.116 e. The smallest absolute Gasteiger partial charge is 0.116 e. The highest BCUT2D eigenvalue weighted by Crippen LogP contribution is 2.41. The van der Waals surface area contributed by atoms with E-state index in [1.165, 1.54) is 5.57 Å². The topological polar surface area (TPSA) is 75.6 Å². The Morgan fingerprint density at radius 1 is 1.36 bits per heavy atom. The van der Waals surface area contributed by atoms with E-state index in [9.17, 15) is 0 Å². The van der Waals surface area contributed by atoms with Gasteiger partial charge in [0, 0.05) is 17.7 Å². The summed E-state index contributed by atoms with van der Waals surface area (Å²) in [5.74, 6) is 0.993. The van der Waals surface area contributed by atoms with Gasteiger partial charge in [0.05, 0.1) is 22.0 Å². The number of nitrogens with two attached hydrogens (primary N) is 1. The van der Waals surface area contributed by atoms with Gasteiger partial charge in [0.1, 0.15) is 6.33 Å². The second kappa shape index (κ2) is 6.45. The molecule has 1 fully saturated rings. The van der Waals surface area contributed by atoms with Crippen molar-refractivity contribution in [3.8, 4) is 6.07 Å². The summed E-state index contributed by atoms with van der Waals surface area (Å²) in [6.45, 7) is 1.97. The summed E-state index contributed by atoms with van der Waals surface area (Å²) in [5, 5.41) is 10.9. The number of nitriles is 1. The highest BCUT2D eigenvalue weighted by Gasteiger charge is 2.27. The molecule has 0 saturated heterocycles. The van der Waals surface area contributed by atoms with Crippen molar-refractivity contribution in [2.75, 3.05) is 0 Å². The summed E-state index contributed by atoms with van der Waals surface area (Å²) < 4.78 is 1.13. The van der Waals surface area contributed by atoms with Gasteiger partial charge >= 0.3 is 0 Å². The third kappa shape index (κ3) is 2.84. The van der Waals surface area contributed by atoms with Crippen molar-refractivity contribution in [3.63, 3.8) is 0 Å². The second-order valence-electron chi connectivity index (χ2n) is 6.03. The van der Waals surface area contributed by atoms with Crippen LogP contribution in [0.25, 0.3) is 15.8 Å². The van der Waals surface area contributed by atoms with Gasteiger partial charge in [-0.15, -0.1) is 11.3 Å². The summed E-state index contributed by atoms with van der Waals surface area (Å²) in [6.07, 6.45) is 6.70. The van der Waals surface area contributed by atoms with Crippen LogP contribution in [-0.2, 0) is 0 Å². The molecule has 1 saturated carbocycles. The lowest BCUT2D eigenvalue weighted by Crippen LogP contribution is -2.18. The molecule has 4 nitrogen and oxygen atoms in total. The zero-order chi connectivity index (χ0) is 15.5. The molecule has 0 unspecified atom stereocenters. The molecular weight excluding hydrogens is 292 g/mol. The minimum atomic E-state index is 0.445. The van der Waals surface area contributed by atoms with Gasteiger partial charge in [-0.3, -0.25) is 0 Å². The molecule has 22 heavy (non-hydrogen) atoms. The predicted octanol–water partition coefficient (Wildman–Crippen LogP) is 4.10. The number of fused-ring (bicyclic) bond motifs is 1. The van der Waals surface area contributed by atoms with Crippen LogP contribution in [-0.4, -0.2) is 9.97 Å². The number of rotatable bonds is 3. The van der Waals surface area contributed by atoms with Crippen LogP contribution in [0.15, 0.2) is 23.5 Å². The first-order valence-electron chi connectivity index (χ1n) is 7.72. The van der Waals surface area contributed by atoms with Gasteiger partial charge in [0.15, 0.2) is 0 Å². The van der Waals surface area contributed by atoms with Gasteiger partial charge in [0.2, 0.25) is 0 Å². The summed E-state index contributed by atoms with van der Waals surface area (Å²) in [4.78, 5) is 8.87. The first-order valence-corrected chi connectivity index (χ1v) is 8.60. The minimum Gasteiger partial charge on any atom is -0.402 e. The van der Waals surface area contributed by atoms with Crippen LogP contribution in [0.1, 0.15) is 44.7 Å². The Bertz CT molecular complexity index is 728. The van der Waals surface area contributed by atoms with Gasteiger partial charge in [-0.1, -0.05) is 0 Å². The van der Waals surface area contributed by atoms with Crippen molar-refractivity contribution in [2.24, 2.45) is 17.6 Å². The molecule has 2 N–H and O–H groups in total. The SMILES string of the molecule is CC(N)=C(c1ncnc2ccsc12)C1CCC(CC#N)CC1. The summed E-state index contributed by atoms with van der Waals surface area (Å²) >= 11 is 1.67. The fourth-order valence-corrected chi connectivity index (χ4v) is 4.32. The van der Waals surface area contributed by atoms with E-state index in [2.05, 4.69) is 21.4 Å². The third-order valence-electron chi connectivity index (χ3n) is 4.56. The molecule has 1 aliphatic rings. The Kier molecular flexibility index (Phi) is 4.39. The number of aromatic nitrogens is 2. The molecule has 0 bridgehead atoms. The van der Waals surface area contributed by atoms with Gasteiger partial charge in [0.25, 0.3) is 0 Å².